The van der Waals surface area contributed by atoms with E-state index in [-0.39, 0.29) is 17.7 Å². The third-order valence-electron chi connectivity index (χ3n) is 3.85. The predicted octanol–water partition coefficient (Wildman–Crippen LogP) is 2.84. The van der Waals surface area contributed by atoms with Crippen molar-refractivity contribution in [1.82, 2.24) is 5.32 Å². The van der Waals surface area contributed by atoms with Gasteiger partial charge in [-0.1, -0.05) is 23.8 Å². The number of aryl methyl sites for hydroxylation is 1. The van der Waals surface area contributed by atoms with E-state index >= 15 is 0 Å². The van der Waals surface area contributed by atoms with Crippen molar-refractivity contribution in [3.05, 3.63) is 52.2 Å². The van der Waals surface area contributed by atoms with Gasteiger partial charge >= 0.3 is 0 Å². The second-order valence-corrected chi connectivity index (χ2v) is 6.55. The lowest BCUT2D eigenvalue weighted by atomic mass is 10.1. The van der Waals surface area contributed by atoms with Gasteiger partial charge < -0.3 is 10.2 Å². The molecule has 2 heterocycles. The molecule has 1 aromatic carbocycles. The lowest BCUT2D eigenvalue weighted by molar-refractivity contribution is -0.117. The molecule has 0 aliphatic carbocycles. The summed E-state index contributed by atoms with van der Waals surface area (Å²) in [6, 6.07) is 11.6. The Kier molecular flexibility index (Phi) is 4.24. The lowest BCUT2D eigenvalue weighted by Gasteiger charge is -2.17. The normalized spacial score (nSPS) is 17.8. The van der Waals surface area contributed by atoms with Crippen molar-refractivity contribution in [2.75, 3.05) is 18.0 Å². The van der Waals surface area contributed by atoms with Gasteiger partial charge in [-0.2, -0.15) is 0 Å². The lowest BCUT2D eigenvalue weighted by Crippen LogP contribution is -2.30. The number of thiophene rings is 1. The Morgan fingerprint density at radius 1 is 1.32 bits per heavy atom. The SMILES string of the molecule is Cc1ccc(N2CC(CNC(=O)c3cccs3)CC2=O)cc1. The maximum atomic E-state index is 12.2. The van der Waals surface area contributed by atoms with Crippen LogP contribution in [0.4, 0.5) is 5.69 Å². The molecule has 1 fully saturated rings. The van der Waals surface area contributed by atoms with Gasteiger partial charge in [0.15, 0.2) is 0 Å². The highest BCUT2D eigenvalue weighted by atomic mass is 32.1. The van der Waals surface area contributed by atoms with Crippen molar-refractivity contribution in [3.63, 3.8) is 0 Å². The molecular formula is C17H18N2O2S. The Bertz CT molecular complexity index is 664. The largest absolute Gasteiger partial charge is 0.351 e. The molecule has 0 spiro atoms. The minimum absolute atomic E-state index is 0.0590. The van der Waals surface area contributed by atoms with Gasteiger partial charge in [0.2, 0.25) is 5.91 Å². The van der Waals surface area contributed by atoms with E-state index in [1.54, 1.807) is 11.0 Å². The van der Waals surface area contributed by atoms with Crippen LogP contribution >= 0.6 is 11.3 Å². The zero-order valence-electron chi connectivity index (χ0n) is 12.4. The number of rotatable bonds is 4. The number of anilines is 1. The Labute approximate surface area is 133 Å². The third-order valence-corrected chi connectivity index (χ3v) is 4.72. The smallest absolute Gasteiger partial charge is 0.261 e. The molecule has 1 aromatic heterocycles. The van der Waals surface area contributed by atoms with Gasteiger partial charge in [-0.15, -0.1) is 11.3 Å². The van der Waals surface area contributed by atoms with Crippen LogP contribution in [-0.2, 0) is 4.79 Å². The Balaban J connectivity index is 1.58. The molecule has 0 radical (unpaired) electrons. The topological polar surface area (TPSA) is 49.4 Å². The molecule has 1 N–H and O–H groups in total. The van der Waals surface area contributed by atoms with Crippen LogP contribution in [-0.4, -0.2) is 24.9 Å². The maximum absolute atomic E-state index is 12.2. The summed E-state index contributed by atoms with van der Waals surface area (Å²) >= 11 is 1.42. The van der Waals surface area contributed by atoms with Crippen LogP contribution in [0.25, 0.3) is 0 Å². The van der Waals surface area contributed by atoms with E-state index in [1.165, 1.54) is 16.9 Å². The highest BCUT2D eigenvalue weighted by molar-refractivity contribution is 7.12. The molecule has 4 nitrogen and oxygen atoms in total. The summed E-state index contributed by atoms with van der Waals surface area (Å²) in [5.41, 5.74) is 2.11. The van der Waals surface area contributed by atoms with Gasteiger partial charge in [-0.25, -0.2) is 0 Å². The van der Waals surface area contributed by atoms with E-state index < -0.39 is 0 Å². The monoisotopic (exact) mass is 314 g/mol. The van der Waals surface area contributed by atoms with Crippen LogP contribution < -0.4 is 10.2 Å². The zero-order chi connectivity index (χ0) is 15.5. The van der Waals surface area contributed by atoms with Crippen molar-refractivity contribution in [2.45, 2.75) is 13.3 Å². The predicted molar refractivity (Wildman–Crippen MR) is 88.3 cm³/mol. The van der Waals surface area contributed by atoms with Crippen molar-refractivity contribution in [3.8, 4) is 0 Å². The van der Waals surface area contributed by atoms with E-state index in [1.807, 2.05) is 42.6 Å². The first-order chi connectivity index (χ1) is 10.6. The number of hydrogen-bond donors (Lipinski definition) is 1. The second-order valence-electron chi connectivity index (χ2n) is 5.60. The molecular weight excluding hydrogens is 296 g/mol. The molecule has 1 atom stereocenters. The fourth-order valence-electron chi connectivity index (χ4n) is 2.62. The fraction of sp³-hybridized carbons (Fsp3) is 0.294. The van der Waals surface area contributed by atoms with Crippen LogP contribution in [0.3, 0.4) is 0 Å². The molecule has 0 saturated carbocycles. The summed E-state index contributed by atoms with van der Waals surface area (Å²) in [4.78, 5) is 26.6. The van der Waals surface area contributed by atoms with Crippen molar-refractivity contribution in [2.24, 2.45) is 5.92 Å². The van der Waals surface area contributed by atoms with Crippen molar-refractivity contribution < 1.29 is 9.59 Å². The first kappa shape index (κ1) is 14.8. The van der Waals surface area contributed by atoms with Gasteiger partial charge in [0.25, 0.3) is 5.91 Å². The van der Waals surface area contributed by atoms with Gasteiger partial charge in [0.1, 0.15) is 0 Å². The van der Waals surface area contributed by atoms with Crippen LogP contribution in [0, 0.1) is 12.8 Å². The van der Waals surface area contributed by atoms with Crippen LogP contribution in [0.2, 0.25) is 0 Å². The van der Waals surface area contributed by atoms with Gasteiger partial charge in [0.05, 0.1) is 4.88 Å². The quantitative estimate of drug-likeness (QED) is 0.943. The van der Waals surface area contributed by atoms with E-state index in [9.17, 15) is 9.59 Å². The number of nitrogens with one attached hydrogen (secondary N) is 1. The Morgan fingerprint density at radius 2 is 2.09 bits per heavy atom. The van der Waals surface area contributed by atoms with E-state index in [0.29, 0.717) is 24.4 Å². The van der Waals surface area contributed by atoms with E-state index in [0.717, 1.165) is 5.69 Å². The Hall–Kier alpha value is -2.14. The molecule has 5 heteroatoms. The van der Waals surface area contributed by atoms with Crippen LogP contribution in [0.5, 0.6) is 0 Å². The molecule has 3 rings (SSSR count). The molecule has 1 saturated heterocycles. The van der Waals surface area contributed by atoms with Crippen LogP contribution in [0.1, 0.15) is 21.7 Å². The summed E-state index contributed by atoms with van der Waals surface area (Å²) in [7, 11) is 0. The standard InChI is InChI=1S/C17H18N2O2S/c1-12-4-6-14(7-5-12)19-11-13(9-16(19)20)10-18-17(21)15-3-2-8-22-15/h2-8,13H,9-11H2,1H3,(H,18,21). The third kappa shape index (κ3) is 3.20. The van der Waals surface area contributed by atoms with Crippen LogP contribution in [0.15, 0.2) is 41.8 Å². The zero-order valence-corrected chi connectivity index (χ0v) is 13.2. The number of nitrogens with zero attached hydrogens (tertiary/aromatic N) is 1. The summed E-state index contributed by atoms with van der Waals surface area (Å²) in [5.74, 6) is 0.230. The molecule has 2 aromatic rings. The average Bonchev–Trinajstić information content (AvgIpc) is 3.15. The average molecular weight is 314 g/mol. The van der Waals surface area contributed by atoms with Crippen molar-refractivity contribution >= 4 is 28.8 Å². The van der Waals surface area contributed by atoms with Gasteiger partial charge in [0, 0.05) is 31.1 Å². The Morgan fingerprint density at radius 3 is 2.77 bits per heavy atom. The molecule has 22 heavy (non-hydrogen) atoms. The first-order valence-electron chi connectivity index (χ1n) is 7.32. The number of amides is 2. The number of hydrogen-bond acceptors (Lipinski definition) is 3. The van der Waals surface area contributed by atoms with Gasteiger partial charge in [-0.3, -0.25) is 9.59 Å². The fourth-order valence-corrected chi connectivity index (χ4v) is 3.26. The molecule has 0 bridgehead atoms. The number of benzene rings is 1. The molecule has 2 amide bonds. The van der Waals surface area contributed by atoms with E-state index in [4.69, 9.17) is 0 Å². The minimum atomic E-state index is -0.0590. The van der Waals surface area contributed by atoms with Gasteiger partial charge in [-0.05, 0) is 30.5 Å². The second kappa shape index (κ2) is 6.32. The first-order valence-corrected chi connectivity index (χ1v) is 8.20. The number of carbonyl (C=O) groups excluding carboxylic acids is 2. The summed E-state index contributed by atoms with van der Waals surface area (Å²) in [5, 5.41) is 4.80. The summed E-state index contributed by atoms with van der Waals surface area (Å²) < 4.78 is 0. The highest BCUT2D eigenvalue weighted by Crippen LogP contribution is 2.25. The highest BCUT2D eigenvalue weighted by Gasteiger charge is 2.30. The summed E-state index contributed by atoms with van der Waals surface area (Å²) in [6.45, 7) is 3.22. The van der Waals surface area contributed by atoms with Crippen molar-refractivity contribution in [1.29, 1.82) is 0 Å². The molecule has 1 unspecified atom stereocenters. The maximum Gasteiger partial charge on any atom is 0.261 e. The summed E-state index contributed by atoms with van der Waals surface area (Å²) in [6.07, 6.45) is 0.485. The van der Waals surface area contributed by atoms with E-state index in [2.05, 4.69) is 5.32 Å². The molecule has 1 aliphatic rings. The minimum Gasteiger partial charge on any atom is -0.351 e. The number of carbonyl (C=O) groups is 2. The molecule has 1 aliphatic heterocycles. The molecule has 114 valence electrons.